The lowest BCUT2D eigenvalue weighted by Gasteiger charge is -2.35. The Balaban J connectivity index is 1.64. The van der Waals surface area contributed by atoms with Crippen molar-refractivity contribution in [2.75, 3.05) is 31.1 Å². The number of rotatable bonds is 5. The molecule has 180 valence electrons. The molecule has 2 aromatic carbocycles. The molecule has 11 heteroatoms. The second-order valence-corrected chi connectivity index (χ2v) is 10.5. The summed E-state index contributed by atoms with van der Waals surface area (Å²) >= 11 is 3.39. The number of fused-ring (bicyclic) bond motifs is 3. The number of nitrogens with zero attached hydrogens (tertiary/aromatic N) is 4. The lowest BCUT2D eigenvalue weighted by atomic mass is 10.1. The minimum Gasteiger partial charge on any atom is -0.497 e. The molecule has 0 N–H and O–H groups in total. The largest absolute Gasteiger partial charge is 0.497 e. The monoisotopic (exact) mass is 556 g/mol. The van der Waals surface area contributed by atoms with Crippen LogP contribution in [0.1, 0.15) is 5.56 Å². The number of carbonyl (C=O) groups is 1. The molecule has 0 bridgehead atoms. The molecule has 35 heavy (non-hydrogen) atoms. The van der Waals surface area contributed by atoms with Crippen molar-refractivity contribution < 1.29 is 22.7 Å². The van der Waals surface area contributed by atoms with Crippen molar-refractivity contribution in [3.8, 4) is 11.5 Å². The number of ether oxygens (including phenoxy) is 2. The van der Waals surface area contributed by atoms with Gasteiger partial charge in [-0.2, -0.15) is 0 Å². The Morgan fingerprint density at radius 3 is 2.29 bits per heavy atom. The predicted octanol–water partition coefficient (Wildman–Crippen LogP) is 4.63. The summed E-state index contributed by atoms with van der Waals surface area (Å²) in [5.41, 5.74) is 2.21. The number of amides is 2. The van der Waals surface area contributed by atoms with Crippen molar-refractivity contribution in [1.29, 1.82) is 0 Å². The van der Waals surface area contributed by atoms with E-state index in [0.29, 0.717) is 32.9 Å². The SMILES string of the molecule is COc1cc(OC)cc(N2Cc3cnc4c(cc(Br)n4S(=O)(=O)c4ccccc4)c3N(C)C2=O)c1. The van der Waals surface area contributed by atoms with Gasteiger partial charge in [-0.3, -0.25) is 9.80 Å². The molecule has 0 saturated heterocycles. The van der Waals surface area contributed by atoms with Crippen LogP contribution < -0.4 is 19.3 Å². The number of halogens is 1. The number of aromatic nitrogens is 2. The van der Waals surface area contributed by atoms with Crippen molar-refractivity contribution in [3.63, 3.8) is 0 Å². The topological polar surface area (TPSA) is 94.0 Å². The van der Waals surface area contributed by atoms with Crippen LogP contribution in [0.5, 0.6) is 11.5 Å². The standard InChI is InChI=1S/C24H21BrN4O5S/c1-27-22-15(14-28(24(27)30)16-9-17(33-2)11-18(10-16)34-3)13-26-23-20(22)12-21(25)29(23)35(31,32)19-7-5-4-6-8-19/h4-13H,14H2,1-3H3. The summed E-state index contributed by atoms with van der Waals surface area (Å²) in [5, 5.41) is 0.549. The first-order valence-corrected chi connectivity index (χ1v) is 12.8. The van der Waals surface area contributed by atoms with Gasteiger partial charge in [-0.15, -0.1) is 0 Å². The zero-order valence-corrected chi connectivity index (χ0v) is 21.5. The van der Waals surface area contributed by atoms with Gasteiger partial charge in [0.25, 0.3) is 10.0 Å². The molecule has 9 nitrogen and oxygen atoms in total. The van der Waals surface area contributed by atoms with E-state index in [0.717, 1.165) is 9.54 Å². The van der Waals surface area contributed by atoms with Gasteiger partial charge in [-0.1, -0.05) is 18.2 Å². The van der Waals surface area contributed by atoms with Gasteiger partial charge >= 0.3 is 6.03 Å². The Morgan fingerprint density at radius 2 is 1.66 bits per heavy atom. The normalized spacial score (nSPS) is 13.8. The zero-order valence-electron chi connectivity index (χ0n) is 19.1. The van der Waals surface area contributed by atoms with Gasteiger partial charge in [0, 0.05) is 42.4 Å². The molecular weight excluding hydrogens is 536 g/mol. The van der Waals surface area contributed by atoms with Crippen molar-refractivity contribution in [2.24, 2.45) is 0 Å². The molecule has 3 heterocycles. The summed E-state index contributed by atoms with van der Waals surface area (Å²) in [7, 11) is 0.833. The number of carbonyl (C=O) groups excluding carboxylic acids is 1. The van der Waals surface area contributed by atoms with E-state index in [1.54, 1.807) is 74.8 Å². The highest BCUT2D eigenvalue weighted by molar-refractivity contribution is 9.10. The van der Waals surface area contributed by atoms with Crippen LogP contribution in [0.2, 0.25) is 0 Å². The molecule has 1 aliphatic heterocycles. The number of anilines is 2. The van der Waals surface area contributed by atoms with E-state index in [-0.39, 0.29) is 23.1 Å². The number of pyridine rings is 1. The van der Waals surface area contributed by atoms with Gasteiger partial charge in [0.2, 0.25) is 0 Å². The van der Waals surface area contributed by atoms with Gasteiger partial charge < -0.3 is 9.47 Å². The Kier molecular flexibility index (Phi) is 5.68. The first-order valence-electron chi connectivity index (χ1n) is 10.5. The van der Waals surface area contributed by atoms with Gasteiger partial charge in [-0.05, 0) is 34.1 Å². The smallest absolute Gasteiger partial charge is 0.329 e. The third-order valence-electron chi connectivity index (χ3n) is 5.90. The van der Waals surface area contributed by atoms with Crippen molar-refractivity contribution in [3.05, 3.63) is 71.0 Å². The van der Waals surface area contributed by atoms with Crippen LogP contribution >= 0.6 is 15.9 Å². The summed E-state index contributed by atoms with van der Waals surface area (Å²) in [4.78, 5) is 21.2. The van der Waals surface area contributed by atoms with Crippen LogP contribution in [-0.4, -0.2) is 44.7 Å². The summed E-state index contributed by atoms with van der Waals surface area (Å²) in [6, 6.07) is 14.8. The van der Waals surface area contributed by atoms with Crippen LogP contribution in [0.4, 0.5) is 16.2 Å². The summed E-state index contributed by atoms with van der Waals surface area (Å²) in [6.07, 6.45) is 1.61. The molecule has 0 atom stereocenters. The number of methoxy groups -OCH3 is 2. The van der Waals surface area contributed by atoms with Gasteiger partial charge in [-0.25, -0.2) is 22.2 Å². The van der Waals surface area contributed by atoms with E-state index in [4.69, 9.17) is 9.47 Å². The van der Waals surface area contributed by atoms with Crippen molar-refractivity contribution in [1.82, 2.24) is 8.96 Å². The molecule has 0 fully saturated rings. The molecule has 0 spiro atoms. The maximum Gasteiger partial charge on any atom is 0.329 e. The van der Waals surface area contributed by atoms with Crippen LogP contribution in [0.3, 0.4) is 0 Å². The highest BCUT2D eigenvalue weighted by Crippen LogP contribution is 2.40. The summed E-state index contributed by atoms with van der Waals surface area (Å²) in [6.45, 7) is 0.242. The van der Waals surface area contributed by atoms with Crippen LogP contribution in [0.15, 0.2) is 70.3 Å². The number of urea groups is 1. The van der Waals surface area contributed by atoms with Gasteiger partial charge in [0.05, 0.1) is 37.0 Å². The Labute approximate surface area is 210 Å². The lowest BCUT2D eigenvalue weighted by molar-refractivity contribution is 0.251. The van der Waals surface area contributed by atoms with E-state index in [1.807, 2.05) is 0 Å². The van der Waals surface area contributed by atoms with Crippen molar-refractivity contribution >= 4 is 54.4 Å². The second-order valence-electron chi connectivity index (χ2n) is 7.92. The first-order chi connectivity index (χ1) is 16.8. The number of hydrogen-bond acceptors (Lipinski definition) is 6. The molecule has 0 radical (unpaired) electrons. The first kappa shape index (κ1) is 23.2. The molecule has 0 saturated carbocycles. The molecule has 5 rings (SSSR count). The minimum atomic E-state index is -3.91. The van der Waals surface area contributed by atoms with Crippen LogP contribution in [0, 0.1) is 0 Å². The number of benzene rings is 2. The molecule has 2 aromatic heterocycles. The highest BCUT2D eigenvalue weighted by Gasteiger charge is 2.33. The third kappa shape index (κ3) is 3.71. The average molecular weight is 557 g/mol. The maximum absolute atomic E-state index is 13.5. The molecule has 2 amide bonds. The van der Waals surface area contributed by atoms with E-state index in [9.17, 15) is 13.2 Å². The van der Waals surface area contributed by atoms with E-state index in [1.165, 1.54) is 17.0 Å². The molecular formula is C24H21BrN4O5S. The average Bonchev–Trinajstić information content (AvgIpc) is 3.22. The summed E-state index contributed by atoms with van der Waals surface area (Å²) in [5.74, 6) is 1.11. The van der Waals surface area contributed by atoms with Crippen LogP contribution in [-0.2, 0) is 16.6 Å². The second kappa shape index (κ2) is 8.58. The fraction of sp³-hybridized carbons (Fsp3) is 0.167. The Morgan fingerprint density at radius 1 is 1.00 bits per heavy atom. The van der Waals surface area contributed by atoms with Crippen LogP contribution in [0.25, 0.3) is 11.0 Å². The Bertz CT molecular complexity index is 1550. The van der Waals surface area contributed by atoms with E-state index >= 15 is 0 Å². The Hall–Kier alpha value is -3.57. The quantitative estimate of drug-likeness (QED) is 0.355. The predicted molar refractivity (Wildman–Crippen MR) is 136 cm³/mol. The zero-order chi connectivity index (χ0) is 24.9. The highest BCUT2D eigenvalue weighted by atomic mass is 79.9. The minimum absolute atomic E-state index is 0.139. The summed E-state index contributed by atoms with van der Waals surface area (Å²) < 4.78 is 38.9. The third-order valence-corrected chi connectivity index (χ3v) is 8.44. The fourth-order valence-corrected chi connectivity index (χ4v) is 6.56. The van der Waals surface area contributed by atoms with Crippen molar-refractivity contribution in [2.45, 2.75) is 11.4 Å². The fourth-order valence-electron chi connectivity index (χ4n) is 4.23. The molecule has 0 unspecified atom stereocenters. The van der Waals surface area contributed by atoms with E-state index < -0.39 is 10.0 Å². The molecule has 4 aromatic rings. The molecule has 1 aliphatic rings. The maximum atomic E-state index is 13.5. The lowest BCUT2D eigenvalue weighted by Crippen LogP contribution is -2.45. The van der Waals surface area contributed by atoms with E-state index in [2.05, 4.69) is 20.9 Å². The molecule has 0 aliphatic carbocycles. The van der Waals surface area contributed by atoms with Gasteiger partial charge in [0.1, 0.15) is 16.1 Å². The number of hydrogen-bond donors (Lipinski definition) is 0. The van der Waals surface area contributed by atoms with Gasteiger partial charge in [0.15, 0.2) is 5.65 Å².